The van der Waals surface area contributed by atoms with Gasteiger partial charge in [-0.2, -0.15) is 0 Å². The van der Waals surface area contributed by atoms with Crippen LogP contribution in [0.25, 0.3) is 0 Å². The highest BCUT2D eigenvalue weighted by Crippen LogP contribution is 2.43. The van der Waals surface area contributed by atoms with Crippen molar-refractivity contribution in [3.8, 4) is 17.2 Å². The summed E-state index contributed by atoms with van der Waals surface area (Å²) < 4.78 is 5.21. The topological polar surface area (TPSA) is 103 Å². The maximum Gasteiger partial charge on any atom is 0.239 e. The molecule has 0 aromatic heterocycles. The second kappa shape index (κ2) is 8.04. The lowest BCUT2D eigenvalue weighted by molar-refractivity contribution is -0.123. The van der Waals surface area contributed by atoms with Gasteiger partial charge < -0.3 is 20.3 Å². The van der Waals surface area contributed by atoms with E-state index in [4.69, 9.17) is 16.3 Å². The van der Waals surface area contributed by atoms with Crippen molar-refractivity contribution < 1.29 is 19.7 Å². The lowest BCUT2D eigenvalue weighted by Crippen LogP contribution is -2.45. The smallest absolute Gasteiger partial charge is 0.239 e. The van der Waals surface area contributed by atoms with E-state index in [1.807, 2.05) is 31.2 Å². The molecule has 0 bridgehead atoms. The van der Waals surface area contributed by atoms with E-state index in [1.54, 1.807) is 7.11 Å². The summed E-state index contributed by atoms with van der Waals surface area (Å²) in [6.07, 6.45) is 0. The number of amides is 1. The molecule has 1 saturated heterocycles. The molecule has 1 amide bonds. The van der Waals surface area contributed by atoms with Gasteiger partial charge in [-0.05, 0) is 30.7 Å². The molecular weight excluding hydrogens is 370 g/mol. The van der Waals surface area contributed by atoms with E-state index in [0.29, 0.717) is 17.9 Å². The number of phenolic OH excluding ortho intramolecular Hbond substituents is 2. The number of halogens is 1. The van der Waals surface area contributed by atoms with Crippen molar-refractivity contribution in [3.05, 3.63) is 52.5 Å². The summed E-state index contributed by atoms with van der Waals surface area (Å²) in [6, 6.07) is 9.12. The van der Waals surface area contributed by atoms with Crippen LogP contribution in [0, 0.1) is 0 Å². The Morgan fingerprint density at radius 1 is 1.19 bits per heavy atom. The summed E-state index contributed by atoms with van der Waals surface area (Å²) in [5.41, 5.74) is 7.47. The number of hydrazine groups is 1. The van der Waals surface area contributed by atoms with Gasteiger partial charge in [0.1, 0.15) is 23.3 Å². The average Bonchev–Trinajstić information content (AvgIpc) is 3.10. The maximum absolute atomic E-state index is 12.6. The molecule has 0 aliphatic carbocycles. The molecule has 1 aliphatic heterocycles. The van der Waals surface area contributed by atoms with Crippen molar-refractivity contribution in [2.75, 3.05) is 13.7 Å². The normalized spacial score (nSPS) is 21.8. The predicted octanol–water partition coefficient (Wildman–Crippen LogP) is 2.20. The van der Waals surface area contributed by atoms with Crippen LogP contribution < -0.4 is 20.9 Å². The number of hydrogen-bond donors (Lipinski definition) is 5. The molecule has 7 nitrogen and oxygen atoms in total. The Kier molecular flexibility index (Phi) is 5.74. The van der Waals surface area contributed by atoms with Crippen LogP contribution in [0.3, 0.4) is 0 Å². The fourth-order valence-corrected chi connectivity index (χ4v) is 3.53. The molecule has 3 rings (SSSR count). The van der Waals surface area contributed by atoms with Gasteiger partial charge >= 0.3 is 0 Å². The first-order valence-electron chi connectivity index (χ1n) is 8.60. The monoisotopic (exact) mass is 391 g/mol. The van der Waals surface area contributed by atoms with Crippen molar-refractivity contribution in [2.24, 2.45) is 0 Å². The fourth-order valence-electron chi connectivity index (χ4n) is 3.36. The largest absolute Gasteiger partial charge is 0.507 e. The molecule has 2 aromatic carbocycles. The Hall–Kier alpha value is -2.48. The van der Waals surface area contributed by atoms with Crippen molar-refractivity contribution in [2.45, 2.75) is 24.9 Å². The molecule has 1 aliphatic rings. The highest BCUT2D eigenvalue weighted by molar-refractivity contribution is 6.32. The van der Waals surface area contributed by atoms with E-state index in [-0.39, 0.29) is 28.3 Å². The van der Waals surface area contributed by atoms with E-state index >= 15 is 0 Å². The summed E-state index contributed by atoms with van der Waals surface area (Å²) >= 11 is 6.04. The van der Waals surface area contributed by atoms with Crippen LogP contribution in [0.15, 0.2) is 36.4 Å². The van der Waals surface area contributed by atoms with Gasteiger partial charge in [-0.25, -0.2) is 10.9 Å². The molecule has 1 heterocycles. The maximum atomic E-state index is 12.6. The van der Waals surface area contributed by atoms with Crippen LogP contribution in [0.1, 0.15) is 30.0 Å². The van der Waals surface area contributed by atoms with Crippen molar-refractivity contribution in [1.82, 2.24) is 16.2 Å². The Balaban J connectivity index is 2.04. The van der Waals surface area contributed by atoms with Crippen LogP contribution >= 0.6 is 11.6 Å². The van der Waals surface area contributed by atoms with Crippen LogP contribution in [-0.4, -0.2) is 35.8 Å². The Morgan fingerprint density at radius 3 is 2.52 bits per heavy atom. The van der Waals surface area contributed by atoms with E-state index in [2.05, 4.69) is 16.2 Å². The number of aromatic hydroxyl groups is 2. The van der Waals surface area contributed by atoms with Crippen LogP contribution in [0.2, 0.25) is 5.02 Å². The number of nitrogens with one attached hydrogen (secondary N) is 3. The van der Waals surface area contributed by atoms with Gasteiger partial charge in [0.15, 0.2) is 0 Å². The third-order valence-electron chi connectivity index (χ3n) is 4.68. The lowest BCUT2D eigenvalue weighted by atomic mass is 9.83. The minimum atomic E-state index is -0.560. The number of ether oxygens (including phenoxy) is 1. The van der Waals surface area contributed by atoms with E-state index in [9.17, 15) is 15.0 Å². The van der Waals surface area contributed by atoms with Crippen molar-refractivity contribution in [3.63, 3.8) is 0 Å². The minimum Gasteiger partial charge on any atom is -0.507 e. The number of rotatable bonds is 5. The third-order valence-corrected chi connectivity index (χ3v) is 4.98. The second-order valence-electron chi connectivity index (χ2n) is 6.30. The van der Waals surface area contributed by atoms with Crippen molar-refractivity contribution >= 4 is 17.5 Å². The zero-order valence-electron chi connectivity index (χ0n) is 15.0. The molecule has 3 unspecified atom stereocenters. The summed E-state index contributed by atoms with van der Waals surface area (Å²) in [4.78, 5) is 12.6. The molecule has 27 heavy (non-hydrogen) atoms. The molecule has 1 fully saturated rings. The van der Waals surface area contributed by atoms with Crippen LogP contribution in [-0.2, 0) is 4.79 Å². The number of carbonyl (C=O) groups excluding carboxylic acids is 1. The minimum absolute atomic E-state index is 0.105. The number of hydrogen-bond acceptors (Lipinski definition) is 6. The number of likely N-dealkylation sites (N-methyl/N-ethyl adjacent to an activating group) is 1. The van der Waals surface area contributed by atoms with Gasteiger partial charge in [-0.1, -0.05) is 23.7 Å². The first-order valence-corrected chi connectivity index (χ1v) is 8.98. The van der Waals surface area contributed by atoms with Gasteiger partial charge in [0.05, 0.1) is 18.2 Å². The second-order valence-corrected chi connectivity index (χ2v) is 6.71. The van der Waals surface area contributed by atoms with Gasteiger partial charge in [-0.3, -0.25) is 4.79 Å². The first-order chi connectivity index (χ1) is 13.0. The van der Waals surface area contributed by atoms with E-state index < -0.39 is 12.1 Å². The summed E-state index contributed by atoms with van der Waals surface area (Å²) in [7, 11) is 1.59. The molecule has 2 aromatic rings. The SMILES string of the molecule is CCNC(=O)C1NNC(c2cc(Cl)c(O)cc2O)C1c1ccc(OC)cc1. The zero-order chi connectivity index (χ0) is 19.6. The van der Waals surface area contributed by atoms with Crippen LogP contribution in [0.5, 0.6) is 17.2 Å². The molecular formula is C19H22ClN3O4. The highest BCUT2D eigenvalue weighted by atomic mass is 35.5. The highest BCUT2D eigenvalue weighted by Gasteiger charge is 2.42. The average molecular weight is 392 g/mol. The first kappa shape index (κ1) is 19.3. The molecule has 8 heteroatoms. The van der Waals surface area contributed by atoms with Crippen LogP contribution in [0.4, 0.5) is 0 Å². The quantitative estimate of drug-likeness (QED) is 0.535. The summed E-state index contributed by atoms with van der Waals surface area (Å²) in [6.45, 7) is 2.36. The molecule has 3 atom stereocenters. The fraction of sp³-hybridized carbons (Fsp3) is 0.316. The van der Waals surface area contributed by atoms with E-state index in [0.717, 1.165) is 5.56 Å². The molecule has 5 N–H and O–H groups in total. The van der Waals surface area contributed by atoms with Gasteiger partial charge in [0.25, 0.3) is 0 Å². The molecule has 144 valence electrons. The molecule has 0 saturated carbocycles. The number of phenols is 2. The number of methoxy groups -OCH3 is 1. The van der Waals surface area contributed by atoms with Gasteiger partial charge in [0, 0.05) is 24.1 Å². The predicted molar refractivity (Wildman–Crippen MR) is 102 cm³/mol. The molecule has 0 spiro atoms. The van der Waals surface area contributed by atoms with Gasteiger partial charge in [-0.15, -0.1) is 0 Å². The van der Waals surface area contributed by atoms with Gasteiger partial charge in [0.2, 0.25) is 5.91 Å². The summed E-state index contributed by atoms with van der Waals surface area (Å²) in [5, 5.41) is 23.0. The standard InChI is InChI=1S/C19H22ClN3O4/c1-3-21-19(26)18-16(10-4-6-11(27-2)7-5-10)17(22-23-18)12-8-13(20)15(25)9-14(12)24/h4-9,16-18,22-25H,3H2,1-2H3,(H,21,26). The third kappa shape index (κ3) is 3.80. The molecule has 0 radical (unpaired) electrons. The van der Waals surface area contributed by atoms with Crippen molar-refractivity contribution in [1.29, 1.82) is 0 Å². The Morgan fingerprint density at radius 2 is 1.89 bits per heavy atom. The Labute approximate surface area is 162 Å². The van der Waals surface area contributed by atoms with E-state index in [1.165, 1.54) is 12.1 Å². The lowest BCUT2D eigenvalue weighted by Gasteiger charge is -2.24. The Bertz CT molecular complexity index is 828. The zero-order valence-corrected chi connectivity index (χ0v) is 15.7. The number of benzene rings is 2. The summed E-state index contributed by atoms with van der Waals surface area (Å²) in [5.74, 6) is -0.0812. The number of carbonyl (C=O) groups is 1.